The Kier molecular flexibility index (Phi) is 4.84. The molecule has 0 spiro atoms. The van der Waals surface area contributed by atoms with Crippen molar-refractivity contribution in [1.29, 1.82) is 0 Å². The molecular weight excluding hydrogens is 317 g/mol. The number of fused-ring (bicyclic) bond motifs is 1. The van der Waals surface area contributed by atoms with Crippen molar-refractivity contribution in [3.05, 3.63) is 71.0 Å². The second-order valence-electron chi connectivity index (χ2n) is 6.79. The molecule has 3 nitrogen and oxygen atoms in total. The summed E-state index contributed by atoms with van der Waals surface area (Å²) in [5.74, 6) is -0.212. The van der Waals surface area contributed by atoms with E-state index < -0.39 is 5.60 Å². The minimum atomic E-state index is -0.499. The van der Waals surface area contributed by atoms with Gasteiger partial charge in [0.1, 0.15) is 11.4 Å². The monoisotopic (exact) mass is 341 g/mol. The van der Waals surface area contributed by atoms with Crippen LogP contribution in [0.5, 0.6) is 0 Å². The summed E-state index contributed by atoms with van der Waals surface area (Å²) in [4.78, 5) is 2.43. The molecule has 2 aromatic carbocycles. The maximum absolute atomic E-state index is 13.5. The maximum atomic E-state index is 13.5. The average molecular weight is 341 g/mol. The molecule has 4 rings (SSSR count). The van der Waals surface area contributed by atoms with Crippen LogP contribution in [-0.4, -0.2) is 44.4 Å². The Morgan fingerprint density at radius 3 is 2.52 bits per heavy atom. The fourth-order valence-electron chi connectivity index (χ4n) is 3.99. The predicted molar refractivity (Wildman–Crippen MR) is 95.2 cm³/mol. The van der Waals surface area contributed by atoms with E-state index in [1.54, 1.807) is 0 Å². The Bertz CT molecular complexity index is 712. The number of hydrogen-bond acceptors (Lipinski definition) is 3. The van der Waals surface area contributed by atoms with E-state index in [9.17, 15) is 4.39 Å². The number of benzene rings is 2. The highest BCUT2D eigenvalue weighted by atomic mass is 19.1. The molecule has 25 heavy (non-hydrogen) atoms. The normalized spacial score (nSPS) is 24.0. The summed E-state index contributed by atoms with van der Waals surface area (Å²) < 4.78 is 25.4. The molecule has 0 bridgehead atoms. The molecule has 2 aliphatic rings. The minimum absolute atomic E-state index is 0.212. The van der Waals surface area contributed by atoms with Gasteiger partial charge in [0.05, 0.1) is 19.8 Å². The van der Waals surface area contributed by atoms with Crippen molar-refractivity contribution in [3.63, 3.8) is 0 Å². The fraction of sp³-hybridized carbons (Fsp3) is 0.429. The molecule has 0 saturated carbocycles. The lowest BCUT2D eigenvalue weighted by Gasteiger charge is -2.41. The van der Waals surface area contributed by atoms with Gasteiger partial charge in [-0.15, -0.1) is 0 Å². The molecule has 2 heterocycles. The van der Waals surface area contributed by atoms with Crippen molar-refractivity contribution in [2.24, 2.45) is 0 Å². The first-order chi connectivity index (χ1) is 12.3. The summed E-state index contributed by atoms with van der Waals surface area (Å²) in [6, 6.07) is 15.3. The van der Waals surface area contributed by atoms with E-state index in [1.807, 2.05) is 12.1 Å². The molecule has 4 heteroatoms. The maximum Gasteiger partial charge on any atom is 0.123 e. The molecule has 1 atom stereocenters. The number of ether oxygens (including phenoxy) is 2. The Morgan fingerprint density at radius 1 is 0.960 bits per heavy atom. The molecule has 2 aromatic rings. The van der Waals surface area contributed by atoms with Crippen molar-refractivity contribution < 1.29 is 13.9 Å². The van der Waals surface area contributed by atoms with E-state index in [-0.39, 0.29) is 5.82 Å². The molecule has 1 fully saturated rings. The lowest BCUT2D eigenvalue weighted by Crippen LogP contribution is -2.43. The average Bonchev–Trinajstić information content (AvgIpc) is 2.68. The lowest BCUT2D eigenvalue weighted by molar-refractivity contribution is -0.0463. The van der Waals surface area contributed by atoms with Crippen LogP contribution in [0, 0.1) is 5.82 Å². The molecular formula is C21H24FNO2. The van der Waals surface area contributed by atoms with Crippen LogP contribution in [0.1, 0.15) is 23.1 Å². The Balaban J connectivity index is 1.70. The molecule has 0 amide bonds. The summed E-state index contributed by atoms with van der Waals surface area (Å²) in [7, 11) is 0. The van der Waals surface area contributed by atoms with E-state index in [1.165, 1.54) is 23.3 Å². The molecule has 1 saturated heterocycles. The second-order valence-corrected chi connectivity index (χ2v) is 6.79. The summed E-state index contributed by atoms with van der Waals surface area (Å²) in [6.45, 7) is 5.14. The molecule has 0 aliphatic carbocycles. The number of hydrogen-bond donors (Lipinski definition) is 0. The summed E-state index contributed by atoms with van der Waals surface area (Å²) in [6.07, 6.45) is 1.78. The molecule has 2 aliphatic heterocycles. The third-order valence-electron chi connectivity index (χ3n) is 5.37. The summed E-state index contributed by atoms with van der Waals surface area (Å²) >= 11 is 0. The van der Waals surface area contributed by atoms with Crippen LogP contribution in [-0.2, 0) is 21.5 Å². The van der Waals surface area contributed by atoms with Gasteiger partial charge in [-0.25, -0.2) is 4.39 Å². The van der Waals surface area contributed by atoms with Gasteiger partial charge in [-0.3, -0.25) is 4.90 Å². The SMILES string of the molecule is Fc1ccc(C2(CCN3CCOCC3)OCCc3ccccc32)cc1. The van der Waals surface area contributed by atoms with Crippen LogP contribution in [0.2, 0.25) is 0 Å². The van der Waals surface area contributed by atoms with Crippen molar-refractivity contribution >= 4 is 0 Å². The predicted octanol–water partition coefficient (Wildman–Crippen LogP) is 3.36. The van der Waals surface area contributed by atoms with Gasteiger partial charge in [-0.1, -0.05) is 36.4 Å². The van der Waals surface area contributed by atoms with Crippen LogP contribution in [0.25, 0.3) is 0 Å². The van der Waals surface area contributed by atoms with Gasteiger partial charge in [-0.05, 0) is 41.7 Å². The summed E-state index contributed by atoms with van der Waals surface area (Å²) in [5, 5.41) is 0. The zero-order valence-electron chi connectivity index (χ0n) is 14.4. The van der Waals surface area contributed by atoms with Gasteiger partial charge in [0.2, 0.25) is 0 Å². The fourth-order valence-corrected chi connectivity index (χ4v) is 3.99. The van der Waals surface area contributed by atoms with Gasteiger partial charge in [0.15, 0.2) is 0 Å². The van der Waals surface area contributed by atoms with E-state index in [2.05, 4.69) is 29.2 Å². The van der Waals surface area contributed by atoms with Crippen LogP contribution in [0.15, 0.2) is 48.5 Å². The third-order valence-corrected chi connectivity index (χ3v) is 5.37. The molecule has 132 valence electrons. The van der Waals surface area contributed by atoms with Gasteiger partial charge in [-0.2, -0.15) is 0 Å². The van der Waals surface area contributed by atoms with Gasteiger partial charge < -0.3 is 9.47 Å². The zero-order chi connectivity index (χ0) is 17.1. The standard InChI is InChI=1S/C21H24FNO2/c22-19-7-5-18(6-8-19)21(10-11-23-12-15-24-16-13-23)20-4-2-1-3-17(20)9-14-25-21/h1-8H,9-16H2. The first-order valence-corrected chi connectivity index (χ1v) is 9.06. The highest BCUT2D eigenvalue weighted by Crippen LogP contribution is 2.42. The second kappa shape index (κ2) is 7.24. The quantitative estimate of drug-likeness (QED) is 0.851. The number of nitrogens with zero attached hydrogens (tertiary/aromatic N) is 1. The van der Waals surface area contributed by atoms with Gasteiger partial charge in [0, 0.05) is 19.6 Å². The smallest absolute Gasteiger partial charge is 0.123 e. The first-order valence-electron chi connectivity index (χ1n) is 9.06. The minimum Gasteiger partial charge on any atom is -0.379 e. The van der Waals surface area contributed by atoms with Crippen LogP contribution in [0.3, 0.4) is 0 Å². The summed E-state index contributed by atoms with van der Waals surface area (Å²) in [5.41, 5.74) is 3.09. The van der Waals surface area contributed by atoms with Crippen LogP contribution >= 0.6 is 0 Å². The molecule has 0 aromatic heterocycles. The number of rotatable bonds is 4. The zero-order valence-corrected chi connectivity index (χ0v) is 14.4. The Hall–Kier alpha value is -1.75. The van der Waals surface area contributed by atoms with Crippen LogP contribution in [0.4, 0.5) is 4.39 Å². The van der Waals surface area contributed by atoms with Crippen LogP contribution < -0.4 is 0 Å². The topological polar surface area (TPSA) is 21.7 Å². The molecule has 0 N–H and O–H groups in total. The Morgan fingerprint density at radius 2 is 1.72 bits per heavy atom. The molecule has 1 unspecified atom stereocenters. The first kappa shape index (κ1) is 16.7. The largest absolute Gasteiger partial charge is 0.379 e. The lowest BCUT2D eigenvalue weighted by atomic mass is 9.78. The number of morpholine rings is 1. The van der Waals surface area contributed by atoms with Gasteiger partial charge >= 0.3 is 0 Å². The van der Waals surface area contributed by atoms with Crippen molar-refractivity contribution in [3.8, 4) is 0 Å². The van der Waals surface area contributed by atoms with Crippen molar-refractivity contribution in [2.75, 3.05) is 39.5 Å². The van der Waals surface area contributed by atoms with E-state index in [0.717, 1.165) is 51.3 Å². The van der Waals surface area contributed by atoms with E-state index >= 15 is 0 Å². The van der Waals surface area contributed by atoms with E-state index in [4.69, 9.17) is 9.47 Å². The Labute approximate surface area is 148 Å². The third kappa shape index (κ3) is 3.34. The van der Waals surface area contributed by atoms with Crippen molar-refractivity contribution in [1.82, 2.24) is 4.90 Å². The van der Waals surface area contributed by atoms with Crippen molar-refractivity contribution in [2.45, 2.75) is 18.4 Å². The number of halogens is 1. The molecule has 0 radical (unpaired) electrons. The van der Waals surface area contributed by atoms with Gasteiger partial charge in [0.25, 0.3) is 0 Å². The van der Waals surface area contributed by atoms with E-state index in [0.29, 0.717) is 6.61 Å². The highest BCUT2D eigenvalue weighted by Gasteiger charge is 2.39. The highest BCUT2D eigenvalue weighted by molar-refractivity contribution is 5.43.